The van der Waals surface area contributed by atoms with Crippen LogP contribution in [-0.2, 0) is 4.79 Å². The van der Waals surface area contributed by atoms with Crippen LogP contribution in [0.1, 0.15) is 10.7 Å². The molecule has 0 saturated carbocycles. The first-order chi connectivity index (χ1) is 12.5. The van der Waals surface area contributed by atoms with Gasteiger partial charge in [-0.25, -0.2) is 0 Å². The first kappa shape index (κ1) is 18.1. The number of hydrogen-bond donors (Lipinski definition) is 1. The Hall–Kier alpha value is -2.66. The fourth-order valence-electron chi connectivity index (χ4n) is 2.22. The lowest BCUT2D eigenvalue weighted by molar-refractivity contribution is -0.112. The third-order valence-electron chi connectivity index (χ3n) is 3.35. The predicted octanol–water partition coefficient (Wildman–Crippen LogP) is 4.49. The molecule has 0 unspecified atom stereocenters. The number of benzene rings is 1. The number of rotatable bonds is 4. The van der Waals surface area contributed by atoms with Gasteiger partial charge in [-0.15, -0.1) is 10.2 Å². The van der Waals surface area contributed by atoms with Crippen molar-refractivity contribution in [2.24, 2.45) is 0 Å². The van der Waals surface area contributed by atoms with Crippen LogP contribution in [0.5, 0.6) is 0 Å². The van der Waals surface area contributed by atoms with Crippen LogP contribution in [-0.4, -0.2) is 20.7 Å². The van der Waals surface area contributed by atoms with E-state index < -0.39 is 5.91 Å². The highest BCUT2D eigenvalue weighted by atomic mass is 35.5. The molecule has 0 bridgehead atoms. The first-order valence-corrected chi connectivity index (χ1v) is 8.91. The van der Waals surface area contributed by atoms with E-state index in [1.54, 1.807) is 48.0 Å². The molecule has 0 fully saturated rings. The van der Waals surface area contributed by atoms with Gasteiger partial charge in [0.15, 0.2) is 0 Å². The third kappa shape index (κ3) is 3.94. The fraction of sp³-hybridized carbons (Fsp3) is 0.0588. The van der Waals surface area contributed by atoms with Gasteiger partial charge in [-0.05, 0) is 43.3 Å². The van der Waals surface area contributed by atoms with Crippen molar-refractivity contribution in [2.75, 3.05) is 5.32 Å². The van der Waals surface area contributed by atoms with Crippen LogP contribution in [0, 0.1) is 18.3 Å². The molecule has 1 N–H and O–H groups in total. The summed E-state index contributed by atoms with van der Waals surface area (Å²) in [6, 6.07) is 10.6. The lowest BCUT2D eigenvalue weighted by atomic mass is 10.2. The summed E-state index contributed by atoms with van der Waals surface area (Å²) in [5.41, 5.74) is 1.24. The zero-order valence-electron chi connectivity index (χ0n) is 13.4. The van der Waals surface area contributed by atoms with Gasteiger partial charge < -0.3 is 4.57 Å². The molecule has 0 spiro atoms. The first-order valence-electron chi connectivity index (χ1n) is 7.34. The molecule has 3 aromatic rings. The monoisotopic (exact) mass is 403 g/mol. The largest absolute Gasteiger partial charge is 0.316 e. The van der Waals surface area contributed by atoms with E-state index in [2.05, 4.69) is 15.5 Å². The maximum Gasteiger partial charge on any atom is 0.268 e. The molecule has 1 amide bonds. The Kier molecular flexibility index (Phi) is 5.38. The normalized spacial score (nSPS) is 11.2. The van der Waals surface area contributed by atoms with E-state index in [1.165, 1.54) is 17.4 Å². The van der Waals surface area contributed by atoms with E-state index in [9.17, 15) is 10.1 Å². The van der Waals surface area contributed by atoms with Crippen molar-refractivity contribution >= 4 is 51.7 Å². The van der Waals surface area contributed by atoms with E-state index in [1.807, 2.05) is 6.07 Å². The molecule has 0 aliphatic heterocycles. The predicted molar refractivity (Wildman–Crippen MR) is 103 cm³/mol. The number of carbonyl (C=O) groups is 1. The van der Waals surface area contributed by atoms with Crippen molar-refractivity contribution in [3.8, 4) is 11.8 Å². The van der Waals surface area contributed by atoms with Crippen molar-refractivity contribution in [3.05, 3.63) is 62.8 Å². The highest BCUT2D eigenvalue weighted by Crippen LogP contribution is 2.26. The van der Waals surface area contributed by atoms with Gasteiger partial charge in [0.2, 0.25) is 5.13 Å². The second kappa shape index (κ2) is 7.70. The van der Waals surface area contributed by atoms with Gasteiger partial charge in [-0.1, -0.05) is 34.5 Å². The van der Waals surface area contributed by atoms with Crippen LogP contribution in [0.15, 0.2) is 42.1 Å². The molecular weight excluding hydrogens is 393 g/mol. The van der Waals surface area contributed by atoms with Crippen molar-refractivity contribution in [1.29, 1.82) is 5.26 Å². The van der Waals surface area contributed by atoms with Gasteiger partial charge in [0.25, 0.3) is 5.91 Å². The van der Waals surface area contributed by atoms with E-state index in [4.69, 9.17) is 23.2 Å². The molecule has 1 aromatic carbocycles. The Morgan fingerprint density at radius 3 is 2.81 bits per heavy atom. The van der Waals surface area contributed by atoms with Gasteiger partial charge in [-0.2, -0.15) is 5.26 Å². The molecule has 2 heterocycles. The number of amides is 1. The standard InChI is InChI=1S/C17H11Cl2N5OS/c1-10-22-23-17(26-10)21-16(25)11(9-20)7-13-3-2-6-24(13)15-5-4-12(18)8-14(15)19/h2-8H,1H3,(H,21,23,25)/b11-7-. The van der Waals surface area contributed by atoms with Gasteiger partial charge in [0.05, 0.1) is 10.7 Å². The molecule has 3 rings (SSSR count). The zero-order chi connectivity index (χ0) is 18.7. The van der Waals surface area contributed by atoms with Gasteiger partial charge in [0, 0.05) is 16.9 Å². The number of aryl methyl sites for hydroxylation is 1. The number of nitriles is 1. The second-order valence-corrected chi connectivity index (χ2v) is 7.17. The molecule has 0 aliphatic carbocycles. The van der Waals surface area contributed by atoms with Crippen LogP contribution < -0.4 is 5.32 Å². The molecule has 0 aliphatic rings. The van der Waals surface area contributed by atoms with Crippen molar-refractivity contribution in [2.45, 2.75) is 6.92 Å². The van der Waals surface area contributed by atoms with E-state index in [-0.39, 0.29) is 5.57 Å². The minimum Gasteiger partial charge on any atom is -0.316 e. The molecule has 2 aromatic heterocycles. The summed E-state index contributed by atoms with van der Waals surface area (Å²) >= 11 is 13.4. The lowest BCUT2D eigenvalue weighted by Crippen LogP contribution is -2.13. The number of carbonyl (C=O) groups excluding carboxylic acids is 1. The van der Waals surface area contributed by atoms with Crippen LogP contribution in [0.4, 0.5) is 5.13 Å². The zero-order valence-corrected chi connectivity index (χ0v) is 15.7. The molecule has 9 heteroatoms. The number of anilines is 1. The smallest absolute Gasteiger partial charge is 0.268 e. The van der Waals surface area contributed by atoms with Crippen LogP contribution >= 0.6 is 34.5 Å². The van der Waals surface area contributed by atoms with E-state index in [0.29, 0.717) is 31.6 Å². The Bertz CT molecular complexity index is 1050. The van der Waals surface area contributed by atoms with Crippen molar-refractivity contribution in [1.82, 2.24) is 14.8 Å². The molecule has 0 saturated heterocycles. The highest BCUT2D eigenvalue weighted by Gasteiger charge is 2.14. The minimum absolute atomic E-state index is 0.0668. The number of nitrogens with one attached hydrogen (secondary N) is 1. The summed E-state index contributed by atoms with van der Waals surface area (Å²) in [6.45, 7) is 1.77. The summed E-state index contributed by atoms with van der Waals surface area (Å²) in [5, 5.41) is 21.6. The molecule has 0 radical (unpaired) electrons. The number of halogens is 2. The summed E-state index contributed by atoms with van der Waals surface area (Å²) in [5.74, 6) is -0.557. The van der Waals surface area contributed by atoms with Crippen molar-refractivity contribution < 1.29 is 4.79 Å². The summed E-state index contributed by atoms with van der Waals surface area (Å²) < 4.78 is 1.76. The molecule has 26 heavy (non-hydrogen) atoms. The second-order valence-electron chi connectivity index (χ2n) is 5.15. The molecule has 130 valence electrons. The Labute approximate surface area is 163 Å². The average Bonchev–Trinajstić information content (AvgIpc) is 3.21. The van der Waals surface area contributed by atoms with Crippen LogP contribution in [0.25, 0.3) is 11.8 Å². The highest BCUT2D eigenvalue weighted by molar-refractivity contribution is 7.15. The number of hydrogen-bond acceptors (Lipinski definition) is 5. The van der Waals surface area contributed by atoms with E-state index in [0.717, 1.165) is 0 Å². The van der Waals surface area contributed by atoms with Gasteiger partial charge in [-0.3, -0.25) is 10.1 Å². The average molecular weight is 404 g/mol. The minimum atomic E-state index is -0.557. The maximum atomic E-state index is 12.3. The Morgan fingerprint density at radius 2 is 2.15 bits per heavy atom. The van der Waals surface area contributed by atoms with E-state index >= 15 is 0 Å². The topological polar surface area (TPSA) is 83.6 Å². The Morgan fingerprint density at radius 1 is 1.35 bits per heavy atom. The maximum absolute atomic E-state index is 12.3. The molecular formula is C17H11Cl2N5OS. The van der Waals surface area contributed by atoms with Gasteiger partial charge >= 0.3 is 0 Å². The van der Waals surface area contributed by atoms with Crippen LogP contribution in [0.2, 0.25) is 10.0 Å². The quantitative estimate of drug-likeness (QED) is 0.513. The van der Waals surface area contributed by atoms with Crippen LogP contribution in [0.3, 0.4) is 0 Å². The SMILES string of the molecule is Cc1nnc(NC(=O)/C(C#N)=C\c2cccn2-c2ccc(Cl)cc2Cl)s1. The molecule has 0 atom stereocenters. The number of aromatic nitrogens is 3. The van der Waals surface area contributed by atoms with Gasteiger partial charge in [0.1, 0.15) is 16.6 Å². The fourth-order valence-corrected chi connectivity index (χ4v) is 3.30. The molecule has 6 nitrogen and oxygen atoms in total. The van der Waals surface area contributed by atoms with Crippen molar-refractivity contribution in [3.63, 3.8) is 0 Å². The summed E-state index contributed by atoms with van der Waals surface area (Å²) in [4.78, 5) is 12.3. The summed E-state index contributed by atoms with van der Waals surface area (Å²) in [7, 11) is 0. The number of nitrogens with zero attached hydrogens (tertiary/aromatic N) is 4. The lowest BCUT2D eigenvalue weighted by Gasteiger charge is -2.09. The Balaban J connectivity index is 1.92. The third-order valence-corrected chi connectivity index (χ3v) is 4.65. The summed E-state index contributed by atoms with van der Waals surface area (Å²) in [6.07, 6.45) is 3.26.